The van der Waals surface area contributed by atoms with Gasteiger partial charge in [-0.05, 0) is 50.2 Å². The zero-order chi connectivity index (χ0) is 19.5. The lowest BCUT2D eigenvalue weighted by atomic mass is 10.1. The first kappa shape index (κ1) is 17.9. The molecule has 5 heteroatoms. The quantitative estimate of drug-likeness (QED) is 0.437. The van der Waals surface area contributed by atoms with Crippen LogP contribution >= 0.6 is 0 Å². The molecule has 2 heterocycles. The maximum atomic E-state index is 13.0. The topological polar surface area (TPSA) is 61.8 Å². The molecule has 0 aliphatic rings. The summed E-state index contributed by atoms with van der Waals surface area (Å²) in [5, 5.41) is 0.477. The van der Waals surface area contributed by atoms with Gasteiger partial charge < -0.3 is 18.3 Å². The summed E-state index contributed by atoms with van der Waals surface area (Å²) in [7, 11) is 0. The molecule has 142 valence electrons. The second-order valence-electron chi connectivity index (χ2n) is 6.58. The van der Waals surface area contributed by atoms with Gasteiger partial charge in [0, 0.05) is 0 Å². The van der Waals surface area contributed by atoms with Crippen LogP contribution < -0.4 is 14.9 Å². The van der Waals surface area contributed by atoms with E-state index >= 15 is 0 Å². The van der Waals surface area contributed by atoms with E-state index in [0.29, 0.717) is 23.3 Å². The predicted molar refractivity (Wildman–Crippen MR) is 107 cm³/mol. The molecule has 0 N–H and O–H groups in total. The van der Waals surface area contributed by atoms with Crippen LogP contribution in [0.1, 0.15) is 11.1 Å². The first-order valence-corrected chi connectivity index (χ1v) is 9.05. The van der Waals surface area contributed by atoms with Crippen molar-refractivity contribution in [3.63, 3.8) is 0 Å². The molecule has 4 aromatic rings. The number of furan rings is 1. The fraction of sp³-hybridized carbons (Fsp3) is 0.174. The summed E-state index contributed by atoms with van der Waals surface area (Å²) in [5.41, 5.74) is 2.40. The molecule has 0 radical (unpaired) electrons. The Kier molecular flexibility index (Phi) is 4.89. The zero-order valence-electron chi connectivity index (χ0n) is 15.7. The van der Waals surface area contributed by atoms with Crippen molar-refractivity contribution in [2.45, 2.75) is 13.8 Å². The minimum atomic E-state index is -0.230. The molecule has 0 amide bonds. The molecule has 0 atom stereocenters. The van der Waals surface area contributed by atoms with Crippen molar-refractivity contribution in [3.05, 3.63) is 82.2 Å². The highest BCUT2D eigenvalue weighted by Crippen LogP contribution is 2.31. The van der Waals surface area contributed by atoms with Crippen LogP contribution in [-0.4, -0.2) is 13.2 Å². The van der Waals surface area contributed by atoms with Crippen molar-refractivity contribution in [2.75, 3.05) is 13.2 Å². The summed E-state index contributed by atoms with van der Waals surface area (Å²) in [6, 6.07) is 16.7. The molecule has 28 heavy (non-hydrogen) atoms. The summed E-state index contributed by atoms with van der Waals surface area (Å²) < 4.78 is 22.8. The van der Waals surface area contributed by atoms with Gasteiger partial charge in [-0.2, -0.15) is 0 Å². The normalized spacial score (nSPS) is 10.9. The number of hydrogen-bond donors (Lipinski definition) is 0. The maximum Gasteiger partial charge on any atom is 0.235 e. The van der Waals surface area contributed by atoms with Crippen molar-refractivity contribution in [1.29, 1.82) is 0 Å². The molecule has 0 saturated heterocycles. The molecule has 0 aliphatic heterocycles. The van der Waals surface area contributed by atoms with Gasteiger partial charge in [-0.1, -0.05) is 29.3 Å². The van der Waals surface area contributed by atoms with E-state index in [2.05, 4.69) is 0 Å². The van der Waals surface area contributed by atoms with Crippen LogP contribution in [0.3, 0.4) is 0 Å². The summed E-state index contributed by atoms with van der Waals surface area (Å²) in [5.74, 6) is 1.60. The van der Waals surface area contributed by atoms with Crippen LogP contribution in [0.2, 0.25) is 0 Å². The van der Waals surface area contributed by atoms with Gasteiger partial charge in [0.05, 0.1) is 11.6 Å². The molecule has 0 spiro atoms. The van der Waals surface area contributed by atoms with Crippen LogP contribution in [0, 0.1) is 13.8 Å². The number of benzene rings is 2. The first-order chi connectivity index (χ1) is 13.6. The molecule has 0 fully saturated rings. The standard InChI is InChI=1S/C23H20O5/c1-15-5-8-17(9-6-15)25-12-13-27-23-21(24)18-14-16(2)7-10-19(18)28-22(23)20-4-3-11-26-20/h3-11,14H,12-13H2,1-2H3. The molecule has 0 bridgehead atoms. The van der Waals surface area contributed by atoms with Crippen LogP contribution in [0.5, 0.6) is 11.5 Å². The van der Waals surface area contributed by atoms with E-state index in [1.807, 2.05) is 44.2 Å². The van der Waals surface area contributed by atoms with E-state index in [-0.39, 0.29) is 23.5 Å². The molecular formula is C23H20O5. The Labute approximate surface area is 162 Å². The lowest BCUT2D eigenvalue weighted by molar-refractivity contribution is 0.214. The highest BCUT2D eigenvalue weighted by molar-refractivity contribution is 5.81. The van der Waals surface area contributed by atoms with E-state index in [1.54, 1.807) is 24.3 Å². The molecule has 5 nitrogen and oxygen atoms in total. The Bertz CT molecular complexity index is 1140. The van der Waals surface area contributed by atoms with E-state index in [0.717, 1.165) is 16.9 Å². The number of aryl methyl sites for hydroxylation is 2. The van der Waals surface area contributed by atoms with Gasteiger partial charge >= 0.3 is 0 Å². The van der Waals surface area contributed by atoms with Crippen LogP contribution in [0.15, 0.2) is 74.5 Å². The fourth-order valence-corrected chi connectivity index (χ4v) is 2.93. The van der Waals surface area contributed by atoms with Gasteiger partial charge in [0.25, 0.3) is 0 Å². The molecule has 0 unspecified atom stereocenters. The third-order valence-corrected chi connectivity index (χ3v) is 4.37. The molecule has 4 rings (SSSR count). The number of fused-ring (bicyclic) bond motifs is 1. The Hall–Kier alpha value is -3.47. The molecule has 2 aromatic heterocycles. The van der Waals surface area contributed by atoms with E-state index in [4.69, 9.17) is 18.3 Å². The van der Waals surface area contributed by atoms with E-state index < -0.39 is 0 Å². The summed E-state index contributed by atoms with van der Waals surface area (Å²) in [6.45, 7) is 4.44. The van der Waals surface area contributed by atoms with Crippen molar-refractivity contribution >= 4 is 11.0 Å². The zero-order valence-corrected chi connectivity index (χ0v) is 15.7. The average molecular weight is 376 g/mol. The lowest BCUT2D eigenvalue weighted by Gasteiger charge is -2.11. The Morgan fingerprint density at radius 3 is 2.39 bits per heavy atom. The van der Waals surface area contributed by atoms with Crippen LogP contribution in [-0.2, 0) is 0 Å². The number of hydrogen-bond acceptors (Lipinski definition) is 5. The second-order valence-corrected chi connectivity index (χ2v) is 6.58. The number of ether oxygens (including phenoxy) is 2. The largest absolute Gasteiger partial charge is 0.490 e. The van der Waals surface area contributed by atoms with Gasteiger partial charge in [0.15, 0.2) is 5.76 Å². The summed E-state index contributed by atoms with van der Waals surface area (Å²) in [4.78, 5) is 13.0. The third kappa shape index (κ3) is 3.64. The summed E-state index contributed by atoms with van der Waals surface area (Å²) >= 11 is 0. The predicted octanol–water partition coefficient (Wildman–Crippen LogP) is 5.13. The minimum Gasteiger partial charge on any atom is -0.490 e. The van der Waals surface area contributed by atoms with Gasteiger partial charge in [-0.15, -0.1) is 0 Å². The lowest BCUT2D eigenvalue weighted by Crippen LogP contribution is -2.15. The monoisotopic (exact) mass is 376 g/mol. The number of rotatable bonds is 6. The van der Waals surface area contributed by atoms with Gasteiger partial charge in [0.1, 0.15) is 24.5 Å². The third-order valence-electron chi connectivity index (χ3n) is 4.37. The van der Waals surface area contributed by atoms with Crippen LogP contribution in [0.4, 0.5) is 0 Å². The Balaban J connectivity index is 1.61. The minimum absolute atomic E-state index is 0.126. The molecule has 0 aliphatic carbocycles. The van der Waals surface area contributed by atoms with Crippen molar-refractivity contribution in [1.82, 2.24) is 0 Å². The SMILES string of the molecule is Cc1ccc(OCCOc2c(-c3ccco3)oc3ccc(C)cc3c2=O)cc1. The van der Waals surface area contributed by atoms with Crippen molar-refractivity contribution in [3.8, 4) is 23.0 Å². The van der Waals surface area contributed by atoms with E-state index in [9.17, 15) is 4.79 Å². The van der Waals surface area contributed by atoms with Crippen LogP contribution in [0.25, 0.3) is 22.5 Å². The van der Waals surface area contributed by atoms with Gasteiger partial charge in [-0.3, -0.25) is 4.79 Å². The Morgan fingerprint density at radius 2 is 1.64 bits per heavy atom. The Morgan fingerprint density at radius 1 is 0.893 bits per heavy atom. The molecule has 0 saturated carbocycles. The molecular weight excluding hydrogens is 356 g/mol. The maximum absolute atomic E-state index is 13.0. The molecule has 2 aromatic carbocycles. The van der Waals surface area contributed by atoms with Crippen molar-refractivity contribution < 1.29 is 18.3 Å². The average Bonchev–Trinajstić information content (AvgIpc) is 3.23. The highest BCUT2D eigenvalue weighted by Gasteiger charge is 2.19. The second kappa shape index (κ2) is 7.64. The summed E-state index contributed by atoms with van der Waals surface area (Å²) in [6.07, 6.45) is 1.53. The van der Waals surface area contributed by atoms with Crippen molar-refractivity contribution in [2.24, 2.45) is 0 Å². The van der Waals surface area contributed by atoms with E-state index in [1.165, 1.54) is 6.26 Å². The smallest absolute Gasteiger partial charge is 0.235 e. The van der Waals surface area contributed by atoms with Gasteiger partial charge in [-0.25, -0.2) is 0 Å². The van der Waals surface area contributed by atoms with Gasteiger partial charge in [0.2, 0.25) is 16.9 Å². The highest BCUT2D eigenvalue weighted by atomic mass is 16.5. The fourth-order valence-electron chi connectivity index (χ4n) is 2.93. The first-order valence-electron chi connectivity index (χ1n) is 9.05.